The van der Waals surface area contributed by atoms with Crippen LogP contribution in [0.25, 0.3) is 11.0 Å². The lowest BCUT2D eigenvalue weighted by Crippen LogP contribution is -2.41. The second kappa shape index (κ2) is 13.0. The van der Waals surface area contributed by atoms with Crippen molar-refractivity contribution in [3.05, 3.63) is 42.1 Å². The van der Waals surface area contributed by atoms with Crippen molar-refractivity contribution in [2.75, 3.05) is 31.5 Å². The summed E-state index contributed by atoms with van der Waals surface area (Å²) in [5, 5.41) is 3.66. The van der Waals surface area contributed by atoms with E-state index >= 15 is 0 Å². The minimum Gasteiger partial charge on any atom is -0.449 e. The number of nitrogens with one attached hydrogen (secondary N) is 1. The van der Waals surface area contributed by atoms with Gasteiger partial charge in [-0.2, -0.15) is 0 Å². The van der Waals surface area contributed by atoms with Crippen LogP contribution in [0.4, 0.5) is 5.95 Å². The third-order valence-electron chi connectivity index (χ3n) is 5.01. The second-order valence-corrected chi connectivity index (χ2v) is 6.92. The van der Waals surface area contributed by atoms with Gasteiger partial charge in [-0.15, -0.1) is 37.2 Å². The zero-order valence-electron chi connectivity index (χ0n) is 16.9. The van der Waals surface area contributed by atoms with E-state index in [1.165, 1.54) is 0 Å². The van der Waals surface area contributed by atoms with Crippen molar-refractivity contribution in [2.24, 2.45) is 5.73 Å². The molecule has 1 fully saturated rings. The maximum atomic E-state index is 5.67. The van der Waals surface area contributed by atoms with E-state index in [9.17, 15) is 0 Å². The number of benzene rings is 1. The van der Waals surface area contributed by atoms with Crippen LogP contribution >= 0.6 is 37.2 Å². The molecule has 1 aromatic carbocycles. The van der Waals surface area contributed by atoms with Gasteiger partial charge in [0.2, 0.25) is 5.95 Å². The van der Waals surface area contributed by atoms with Crippen LogP contribution in [0.15, 0.2) is 34.9 Å². The molecule has 0 atom stereocenters. The van der Waals surface area contributed by atoms with Crippen molar-refractivity contribution in [3.8, 4) is 0 Å². The number of likely N-dealkylation sites (tertiary alicyclic amines) is 1. The molecule has 0 aliphatic carbocycles. The Balaban J connectivity index is 0.00000210. The van der Waals surface area contributed by atoms with Gasteiger partial charge in [-0.25, -0.2) is 9.97 Å². The zero-order valence-corrected chi connectivity index (χ0v) is 19.4. The Morgan fingerprint density at radius 2 is 1.83 bits per heavy atom. The number of aromatic nitrogens is 3. The van der Waals surface area contributed by atoms with Crippen LogP contribution in [-0.4, -0.2) is 57.1 Å². The predicted molar refractivity (Wildman–Crippen MR) is 128 cm³/mol. The number of para-hydroxylation sites is 2. The number of nitrogens with zero attached hydrogens (tertiary/aromatic N) is 4. The van der Waals surface area contributed by atoms with Crippen LogP contribution < -0.4 is 11.1 Å². The van der Waals surface area contributed by atoms with Crippen molar-refractivity contribution in [2.45, 2.75) is 32.4 Å². The number of anilines is 1. The van der Waals surface area contributed by atoms with Gasteiger partial charge in [-0.05, 0) is 25.0 Å². The Morgan fingerprint density at radius 3 is 2.47 bits per heavy atom. The predicted octanol–water partition coefficient (Wildman–Crippen LogP) is 2.66. The highest BCUT2D eigenvalue weighted by Gasteiger charge is 2.21. The number of rotatable bonds is 6. The fraction of sp³-hybridized carbons (Fsp3) is 0.474. The molecule has 0 bridgehead atoms. The van der Waals surface area contributed by atoms with Gasteiger partial charge in [0.15, 0.2) is 5.89 Å². The quantitative estimate of drug-likeness (QED) is 0.559. The van der Waals surface area contributed by atoms with Crippen LogP contribution in [-0.2, 0) is 6.54 Å². The number of fused-ring (bicyclic) bond motifs is 1. The molecule has 3 heterocycles. The molecule has 0 unspecified atom stereocenters. The van der Waals surface area contributed by atoms with E-state index < -0.39 is 0 Å². The molecule has 11 heteroatoms. The van der Waals surface area contributed by atoms with Gasteiger partial charge < -0.3 is 30.4 Å². The summed E-state index contributed by atoms with van der Waals surface area (Å²) in [5.74, 6) is 1.59. The Morgan fingerprint density at radius 1 is 1.13 bits per heavy atom. The molecule has 0 amide bonds. The number of hydrogen-bond acceptors (Lipinski definition) is 6. The lowest BCUT2D eigenvalue weighted by Gasteiger charge is -2.32. The van der Waals surface area contributed by atoms with Gasteiger partial charge in [-0.3, -0.25) is 0 Å². The van der Waals surface area contributed by atoms with E-state index in [0.717, 1.165) is 61.7 Å². The molecule has 1 saturated heterocycles. The van der Waals surface area contributed by atoms with Crippen molar-refractivity contribution >= 4 is 54.2 Å². The summed E-state index contributed by atoms with van der Waals surface area (Å²) in [6.07, 6.45) is 3.93. The van der Waals surface area contributed by atoms with E-state index in [0.29, 0.717) is 18.5 Å². The van der Waals surface area contributed by atoms with Crippen LogP contribution in [0.1, 0.15) is 24.4 Å². The first kappa shape index (κ1) is 28.5. The zero-order chi connectivity index (χ0) is 17.9. The van der Waals surface area contributed by atoms with Crippen LogP contribution in [0, 0.1) is 6.92 Å². The highest BCUT2D eigenvalue weighted by Crippen LogP contribution is 2.23. The number of halogens is 3. The molecule has 1 aliphatic rings. The van der Waals surface area contributed by atoms with Gasteiger partial charge in [0.05, 0.1) is 23.3 Å². The standard InChI is InChI=1S/C19H26N6O.3ClH.H2O/c1-14-21-16(13-26-14)12-25-18-5-3-2-4-17(18)23-19(25)22-15-6-9-24(10-7-15)11-8-20;;;;/h2-5,13,15H,6-12,20H2,1H3,(H,22,23);3*1H;1H2. The van der Waals surface area contributed by atoms with Crippen molar-refractivity contribution in [3.63, 3.8) is 0 Å². The summed E-state index contributed by atoms with van der Waals surface area (Å²) in [6.45, 7) is 6.38. The van der Waals surface area contributed by atoms with Gasteiger partial charge >= 0.3 is 0 Å². The topological polar surface area (TPSA) is 117 Å². The van der Waals surface area contributed by atoms with E-state index in [1.54, 1.807) is 6.26 Å². The largest absolute Gasteiger partial charge is 0.449 e. The molecule has 30 heavy (non-hydrogen) atoms. The first-order valence-electron chi connectivity index (χ1n) is 9.28. The SMILES string of the molecule is Cc1nc(Cn2c(NC3CCN(CCN)CC3)nc3ccccc32)co1.Cl.Cl.Cl.O. The lowest BCUT2D eigenvalue weighted by atomic mass is 10.1. The minimum absolute atomic E-state index is 0. The van der Waals surface area contributed by atoms with E-state index in [-0.39, 0.29) is 42.7 Å². The average Bonchev–Trinajstić information content (AvgIpc) is 3.21. The molecule has 0 saturated carbocycles. The highest BCUT2D eigenvalue weighted by molar-refractivity contribution is 5.86. The fourth-order valence-corrected chi connectivity index (χ4v) is 3.65. The van der Waals surface area contributed by atoms with E-state index in [1.807, 2.05) is 19.1 Å². The number of imidazole rings is 1. The summed E-state index contributed by atoms with van der Waals surface area (Å²) < 4.78 is 7.56. The van der Waals surface area contributed by atoms with Crippen LogP contribution in [0.3, 0.4) is 0 Å². The summed E-state index contributed by atoms with van der Waals surface area (Å²) in [7, 11) is 0. The molecule has 0 radical (unpaired) electrons. The van der Waals surface area contributed by atoms with Crippen molar-refractivity contribution < 1.29 is 9.89 Å². The second-order valence-electron chi connectivity index (χ2n) is 6.92. The maximum Gasteiger partial charge on any atom is 0.204 e. The summed E-state index contributed by atoms with van der Waals surface area (Å²) in [5.41, 5.74) is 8.68. The molecule has 170 valence electrons. The van der Waals surface area contributed by atoms with Crippen molar-refractivity contribution in [1.82, 2.24) is 19.4 Å². The number of nitrogens with two attached hydrogens (primary N) is 1. The third kappa shape index (κ3) is 6.47. The molecule has 5 N–H and O–H groups in total. The summed E-state index contributed by atoms with van der Waals surface area (Å²) in [6, 6.07) is 8.65. The Kier molecular flexibility index (Phi) is 12.3. The monoisotopic (exact) mass is 480 g/mol. The van der Waals surface area contributed by atoms with Gasteiger partial charge in [0.1, 0.15) is 6.26 Å². The molecular formula is C19H31Cl3N6O2. The fourth-order valence-electron chi connectivity index (χ4n) is 3.65. The van der Waals surface area contributed by atoms with Crippen LogP contribution in [0.2, 0.25) is 0 Å². The molecule has 3 aromatic rings. The van der Waals surface area contributed by atoms with Gasteiger partial charge in [0.25, 0.3) is 0 Å². The Bertz CT molecular complexity index is 880. The van der Waals surface area contributed by atoms with Gasteiger partial charge in [0, 0.05) is 39.1 Å². The lowest BCUT2D eigenvalue weighted by molar-refractivity contribution is 0.224. The molecule has 1 aliphatic heterocycles. The molecular weight excluding hydrogens is 451 g/mol. The first-order valence-corrected chi connectivity index (χ1v) is 9.28. The smallest absolute Gasteiger partial charge is 0.204 e. The first-order chi connectivity index (χ1) is 12.7. The van der Waals surface area contributed by atoms with E-state index in [4.69, 9.17) is 15.1 Å². The minimum atomic E-state index is 0. The Labute approximate surface area is 195 Å². The summed E-state index contributed by atoms with van der Waals surface area (Å²) >= 11 is 0. The summed E-state index contributed by atoms with van der Waals surface area (Å²) in [4.78, 5) is 11.7. The maximum absolute atomic E-state index is 5.67. The average molecular weight is 482 g/mol. The highest BCUT2D eigenvalue weighted by atomic mass is 35.5. The normalized spacial score (nSPS) is 14.2. The molecule has 8 nitrogen and oxygen atoms in total. The van der Waals surface area contributed by atoms with Crippen LogP contribution in [0.5, 0.6) is 0 Å². The Hall–Kier alpha value is -1.55. The van der Waals surface area contributed by atoms with Gasteiger partial charge in [-0.1, -0.05) is 12.1 Å². The van der Waals surface area contributed by atoms with E-state index in [2.05, 4.69) is 31.9 Å². The third-order valence-corrected chi connectivity index (χ3v) is 5.01. The molecule has 2 aromatic heterocycles. The molecule has 0 spiro atoms. The number of aryl methyl sites for hydroxylation is 1. The number of piperidine rings is 1. The van der Waals surface area contributed by atoms with Crippen molar-refractivity contribution in [1.29, 1.82) is 0 Å². The number of hydrogen-bond donors (Lipinski definition) is 2. The number of oxazole rings is 1. The molecule has 4 rings (SSSR count).